The molecule has 0 N–H and O–H groups in total. The van der Waals surface area contributed by atoms with Gasteiger partial charge in [0.2, 0.25) is 5.43 Å². The van der Waals surface area contributed by atoms with Crippen molar-refractivity contribution in [3.8, 4) is 17.0 Å². The molecule has 0 saturated heterocycles. The van der Waals surface area contributed by atoms with Gasteiger partial charge in [0.1, 0.15) is 29.6 Å². The van der Waals surface area contributed by atoms with Crippen molar-refractivity contribution in [3.63, 3.8) is 0 Å². The van der Waals surface area contributed by atoms with Crippen LogP contribution in [-0.4, -0.2) is 42.7 Å². The highest BCUT2D eigenvalue weighted by Crippen LogP contribution is 2.33. The quantitative estimate of drug-likeness (QED) is 0.376. The maximum absolute atomic E-state index is 14.3. The number of benzene rings is 1. The molecule has 29 heavy (non-hydrogen) atoms. The van der Waals surface area contributed by atoms with Crippen LogP contribution < -0.4 is 10.2 Å². The number of carbonyl (C=O) groups is 1. The molecule has 0 aliphatic heterocycles. The van der Waals surface area contributed by atoms with Gasteiger partial charge in [0, 0.05) is 25.8 Å². The number of aryl methyl sites for hydroxylation is 1. The second-order valence-electron chi connectivity index (χ2n) is 5.63. The number of hydrogen-bond acceptors (Lipinski definition) is 6. The number of carbonyl (C=O) groups excluding carboxylic acids is 1. The molecule has 0 atom stereocenters. The number of aromatic nitrogens is 2. The zero-order chi connectivity index (χ0) is 21.8. The van der Waals surface area contributed by atoms with E-state index in [1.807, 2.05) is 0 Å². The number of esters is 1. The number of ether oxygens (including phenoxy) is 3. The van der Waals surface area contributed by atoms with Gasteiger partial charge >= 0.3 is 12.1 Å². The lowest BCUT2D eigenvalue weighted by atomic mass is 10.1. The molecule has 0 aliphatic carbocycles. The summed E-state index contributed by atoms with van der Waals surface area (Å²) in [6, 6.07) is 2.07. The van der Waals surface area contributed by atoms with E-state index in [4.69, 9.17) is 25.8 Å². The van der Waals surface area contributed by atoms with Crippen molar-refractivity contribution in [1.29, 1.82) is 0 Å². The Hall–Kier alpha value is -2.66. The van der Waals surface area contributed by atoms with E-state index >= 15 is 0 Å². The summed E-state index contributed by atoms with van der Waals surface area (Å²) >= 11 is 5.87. The second kappa shape index (κ2) is 9.23. The highest BCUT2D eigenvalue weighted by atomic mass is 35.5. The van der Waals surface area contributed by atoms with Crippen LogP contribution in [0.15, 0.2) is 23.0 Å². The number of halogens is 5. The van der Waals surface area contributed by atoms with Crippen LogP contribution in [0.25, 0.3) is 11.3 Å². The van der Waals surface area contributed by atoms with Crippen LogP contribution in [0.5, 0.6) is 5.75 Å². The van der Waals surface area contributed by atoms with Gasteiger partial charge in [-0.1, -0.05) is 11.6 Å². The summed E-state index contributed by atoms with van der Waals surface area (Å²) in [4.78, 5) is 23.7. The summed E-state index contributed by atoms with van der Waals surface area (Å²) in [5, 5.41) is 3.30. The molecular weight excluding hydrogens is 424 g/mol. The summed E-state index contributed by atoms with van der Waals surface area (Å²) in [7, 11) is 2.39. The monoisotopic (exact) mass is 438 g/mol. The number of rotatable bonds is 7. The SMILES string of the molecule is COCCOC(=O)COc1cc(-c2nn(C)c(C(F)(F)F)cc2=O)c(F)cc1Cl. The summed E-state index contributed by atoms with van der Waals surface area (Å²) in [6.07, 6.45) is -4.81. The van der Waals surface area contributed by atoms with Crippen LogP contribution in [0.2, 0.25) is 5.02 Å². The Morgan fingerprint density at radius 2 is 1.93 bits per heavy atom. The first-order valence-corrected chi connectivity index (χ1v) is 8.34. The van der Waals surface area contributed by atoms with Crippen molar-refractivity contribution >= 4 is 17.6 Å². The fourth-order valence-electron chi connectivity index (χ4n) is 2.23. The van der Waals surface area contributed by atoms with E-state index in [9.17, 15) is 27.2 Å². The maximum Gasteiger partial charge on any atom is 0.433 e. The Labute approximate surface area is 166 Å². The Balaban J connectivity index is 2.33. The fourth-order valence-corrected chi connectivity index (χ4v) is 2.43. The predicted octanol–water partition coefficient (Wildman–Crippen LogP) is 2.83. The van der Waals surface area contributed by atoms with Crippen LogP contribution in [0.3, 0.4) is 0 Å². The van der Waals surface area contributed by atoms with Gasteiger partial charge < -0.3 is 14.2 Å². The largest absolute Gasteiger partial charge is 0.480 e. The third-order valence-electron chi connectivity index (χ3n) is 3.56. The smallest absolute Gasteiger partial charge is 0.433 e. The molecule has 1 heterocycles. The summed E-state index contributed by atoms with van der Waals surface area (Å²) in [5.74, 6) is -1.95. The standard InChI is InChI=1S/C17H15ClF4N2O5/c1-24-14(17(20,21)22)7-12(25)16(23-24)9-5-13(10(18)6-11(9)19)29-8-15(26)28-4-3-27-2/h5-7H,3-4,8H2,1-2H3. The normalized spacial score (nSPS) is 11.4. The van der Waals surface area contributed by atoms with E-state index < -0.39 is 46.9 Å². The highest BCUT2D eigenvalue weighted by Gasteiger charge is 2.34. The number of methoxy groups -OCH3 is 1. The van der Waals surface area contributed by atoms with Crippen LogP contribution >= 0.6 is 11.6 Å². The molecule has 0 amide bonds. The van der Waals surface area contributed by atoms with E-state index in [2.05, 4.69) is 5.10 Å². The van der Waals surface area contributed by atoms with Crippen LogP contribution in [0.4, 0.5) is 17.6 Å². The molecule has 0 aliphatic rings. The number of alkyl halides is 3. The van der Waals surface area contributed by atoms with Crippen LogP contribution in [-0.2, 0) is 27.5 Å². The number of nitrogens with zero attached hydrogens (tertiary/aromatic N) is 2. The zero-order valence-corrected chi connectivity index (χ0v) is 15.9. The zero-order valence-electron chi connectivity index (χ0n) is 15.2. The molecule has 158 valence electrons. The topological polar surface area (TPSA) is 79.7 Å². The van der Waals surface area contributed by atoms with Gasteiger partial charge in [0.25, 0.3) is 0 Å². The van der Waals surface area contributed by atoms with Gasteiger partial charge in [0.05, 0.1) is 11.6 Å². The first-order chi connectivity index (χ1) is 13.5. The maximum atomic E-state index is 14.3. The van der Waals surface area contributed by atoms with Crippen molar-refractivity contribution < 1.29 is 36.6 Å². The van der Waals surface area contributed by atoms with Gasteiger partial charge in [-0.15, -0.1) is 0 Å². The molecule has 0 saturated carbocycles. The molecule has 7 nitrogen and oxygen atoms in total. The average Bonchev–Trinajstić information content (AvgIpc) is 2.62. The summed E-state index contributed by atoms with van der Waals surface area (Å²) in [6.45, 7) is -0.407. The predicted molar refractivity (Wildman–Crippen MR) is 93.2 cm³/mol. The van der Waals surface area contributed by atoms with Crippen LogP contribution in [0, 0.1) is 5.82 Å². The molecule has 0 spiro atoms. The first-order valence-electron chi connectivity index (χ1n) is 7.97. The van der Waals surface area contributed by atoms with Crippen molar-refractivity contribution in [3.05, 3.63) is 45.0 Å². The van der Waals surface area contributed by atoms with Gasteiger partial charge in [-0.05, 0) is 12.1 Å². The van der Waals surface area contributed by atoms with E-state index in [0.29, 0.717) is 10.7 Å². The van der Waals surface area contributed by atoms with Gasteiger partial charge in [-0.25, -0.2) is 9.18 Å². The molecule has 1 aromatic heterocycles. The molecule has 1 aromatic carbocycles. The molecule has 0 fully saturated rings. The van der Waals surface area contributed by atoms with Gasteiger partial charge in [0.15, 0.2) is 6.61 Å². The van der Waals surface area contributed by atoms with Crippen molar-refractivity contribution in [2.24, 2.45) is 7.05 Å². The highest BCUT2D eigenvalue weighted by molar-refractivity contribution is 6.32. The molecule has 12 heteroatoms. The van der Waals surface area contributed by atoms with Crippen molar-refractivity contribution in [2.75, 3.05) is 26.9 Å². The van der Waals surface area contributed by atoms with E-state index in [1.54, 1.807) is 0 Å². The second-order valence-corrected chi connectivity index (χ2v) is 6.04. The Morgan fingerprint density at radius 1 is 1.24 bits per heavy atom. The average molecular weight is 439 g/mol. The number of hydrogen-bond donors (Lipinski definition) is 0. The van der Waals surface area contributed by atoms with Crippen molar-refractivity contribution in [2.45, 2.75) is 6.18 Å². The first kappa shape index (κ1) is 22.6. The van der Waals surface area contributed by atoms with E-state index in [1.165, 1.54) is 7.11 Å². The Kier molecular flexibility index (Phi) is 7.20. The third kappa shape index (κ3) is 5.67. The van der Waals surface area contributed by atoms with Gasteiger partial charge in [-0.3, -0.25) is 9.48 Å². The molecule has 2 rings (SSSR count). The minimum absolute atomic E-state index is 0.00733. The molecule has 0 bridgehead atoms. The minimum Gasteiger partial charge on any atom is -0.480 e. The molecule has 0 radical (unpaired) electrons. The Bertz CT molecular complexity index is 962. The molecule has 0 unspecified atom stereocenters. The Morgan fingerprint density at radius 3 is 2.55 bits per heavy atom. The lowest BCUT2D eigenvalue weighted by molar-refractivity contribution is -0.147. The molecular formula is C17H15ClF4N2O5. The van der Waals surface area contributed by atoms with E-state index in [0.717, 1.165) is 19.2 Å². The van der Waals surface area contributed by atoms with Gasteiger partial charge in [-0.2, -0.15) is 18.3 Å². The minimum atomic E-state index is -4.81. The summed E-state index contributed by atoms with van der Waals surface area (Å²) < 4.78 is 68.0. The van der Waals surface area contributed by atoms with E-state index in [-0.39, 0.29) is 24.0 Å². The van der Waals surface area contributed by atoms with Crippen molar-refractivity contribution in [1.82, 2.24) is 9.78 Å². The summed E-state index contributed by atoms with van der Waals surface area (Å²) in [5.41, 5.74) is -3.47. The third-order valence-corrected chi connectivity index (χ3v) is 3.86. The lowest BCUT2D eigenvalue weighted by Gasteiger charge is -2.14. The fraction of sp³-hybridized carbons (Fsp3) is 0.353. The lowest BCUT2D eigenvalue weighted by Crippen LogP contribution is -2.23. The van der Waals surface area contributed by atoms with Crippen LogP contribution in [0.1, 0.15) is 5.69 Å². The molecule has 2 aromatic rings.